The maximum Gasteiger partial charge on any atom is 0.387 e. The Balaban J connectivity index is 0.000000405. The molecule has 1 unspecified atom stereocenters. The topological polar surface area (TPSA) is 124 Å². The Labute approximate surface area is 193 Å². The third-order valence-corrected chi connectivity index (χ3v) is 6.70. The van der Waals surface area contributed by atoms with Crippen molar-refractivity contribution in [2.24, 2.45) is 0 Å². The lowest BCUT2D eigenvalue weighted by Gasteiger charge is -2.36. The Morgan fingerprint density at radius 2 is 2.09 bits per heavy atom. The summed E-state index contributed by atoms with van der Waals surface area (Å²) in [5.41, 5.74) is 1.38. The number of rotatable bonds is 9. The first-order chi connectivity index (χ1) is 15.6. The van der Waals surface area contributed by atoms with Gasteiger partial charge in [0.25, 0.3) is 0 Å². The predicted octanol–water partition coefficient (Wildman–Crippen LogP) is 2.43. The number of anilines is 1. The number of nitrogens with one attached hydrogen (secondary N) is 3. The molecular formula is C22H28F2N4O4S. The molecule has 3 rings (SSSR count). The van der Waals surface area contributed by atoms with Gasteiger partial charge in [-0.25, -0.2) is 0 Å². The maximum atomic E-state index is 12.3. The summed E-state index contributed by atoms with van der Waals surface area (Å²) in [4.78, 5) is 15.0. The third kappa shape index (κ3) is 7.95. The fraction of sp³-hybridized carbons (Fsp3) is 0.409. The van der Waals surface area contributed by atoms with E-state index in [1.165, 1.54) is 30.5 Å². The van der Waals surface area contributed by atoms with E-state index >= 15 is 0 Å². The number of alkyl halides is 2. The number of ether oxygens (including phenoxy) is 1. The number of aliphatic hydroxyl groups is 1. The molecule has 0 amide bonds. The van der Waals surface area contributed by atoms with Gasteiger partial charge in [-0.2, -0.15) is 8.78 Å². The SMILES string of the molecule is CC(O)CNc1cc(C=O)cnc1C(=N)c1cccc(OC(F)F)c1.CNC1(C)CS(=O)C1. The van der Waals surface area contributed by atoms with Gasteiger partial charge >= 0.3 is 6.61 Å². The lowest BCUT2D eigenvalue weighted by Crippen LogP contribution is -2.58. The van der Waals surface area contributed by atoms with Crippen LogP contribution in [0.3, 0.4) is 0 Å². The number of benzene rings is 1. The van der Waals surface area contributed by atoms with Crippen LogP contribution in [0.2, 0.25) is 0 Å². The van der Waals surface area contributed by atoms with Crippen LogP contribution in [0.4, 0.5) is 14.5 Å². The largest absolute Gasteiger partial charge is 0.435 e. The molecule has 1 aliphatic rings. The van der Waals surface area contributed by atoms with Gasteiger partial charge < -0.3 is 20.5 Å². The second-order valence-electron chi connectivity index (χ2n) is 7.83. The van der Waals surface area contributed by atoms with Crippen LogP contribution in [0.25, 0.3) is 0 Å². The van der Waals surface area contributed by atoms with Crippen LogP contribution < -0.4 is 15.4 Å². The number of hydrogen-bond acceptors (Lipinski definition) is 8. The van der Waals surface area contributed by atoms with Gasteiger partial charge in [0.15, 0.2) is 6.29 Å². The Bertz CT molecular complexity index is 996. The molecule has 0 bridgehead atoms. The lowest BCUT2D eigenvalue weighted by molar-refractivity contribution is -0.0498. The van der Waals surface area contributed by atoms with Gasteiger partial charge in [0.1, 0.15) is 11.4 Å². The fourth-order valence-corrected chi connectivity index (χ4v) is 4.54. The number of halogens is 2. The van der Waals surface area contributed by atoms with Gasteiger partial charge in [-0.3, -0.25) is 19.4 Å². The summed E-state index contributed by atoms with van der Waals surface area (Å²) in [5.74, 6) is 1.58. The second-order valence-corrected chi connectivity index (χ2v) is 9.29. The molecule has 8 nitrogen and oxygen atoms in total. The molecule has 4 N–H and O–H groups in total. The molecule has 0 spiro atoms. The minimum absolute atomic E-state index is 0.0368. The summed E-state index contributed by atoms with van der Waals surface area (Å²) in [7, 11) is 1.39. The normalized spacial score (nSPS) is 20.2. The summed E-state index contributed by atoms with van der Waals surface area (Å²) in [6, 6.07) is 7.23. The second kappa shape index (κ2) is 11.9. The van der Waals surface area contributed by atoms with E-state index in [2.05, 4.69) is 27.3 Å². The number of aromatic nitrogens is 1. The molecule has 0 aliphatic carbocycles. The van der Waals surface area contributed by atoms with Gasteiger partial charge in [-0.1, -0.05) is 12.1 Å². The molecule has 1 aliphatic heterocycles. The molecule has 2 heterocycles. The fourth-order valence-electron chi connectivity index (χ4n) is 2.91. The van der Waals surface area contributed by atoms with Crippen molar-refractivity contribution in [1.82, 2.24) is 10.3 Å². The van der Waals surface area contributed by atoms with Crippen LogP contribution in [0.5, 0.6) is 5.75 Å². The van der Waals surface area contributed by atoms with Crippen molar-refractivity contribution >= 4 is 28.5 Å². The average Bonchev–Trinajstić information content (AvgIpc) is 2.76. The average molecular weight is 483 g/mol. The Hall–Kier alpha value is -2.76. The molecule has 1 aromatic heterocycles. The van der Waals surface area contributed by atoms with Crippen LogP contribution in [-0.2, 0) is 10.8 Å². The molecule has 1 fully saturated rings. The molecule has 33 heavy (non-hydrogen) atoms. The van der Waals surface area contributed by atoms with Crippen molar-refractivity contribution in [3.05, 3.63) is 53.3 Å². The van der Waals surface area contributed by atoms with Crippen molar-refractivity contribution in [3.63, 3.8) is 0 Å². The van der Waals surface area contributed by atoms with E-state index < -0.39 is 23.5 Å². The summed E-state index contributed by atoms with van der Waals surface area (Å²) < 4.78 is 39.6. The number of aldehydes is 1. The highest BCUT2D eigenvalue weighted by Crippen LogP contribution is 2.22. The zero-order valence-electron chi connectivity index (χ0n) is 18.6. The van der Waals surface area contributed by atoms with Gasteiger partial charge in [0.05, 0.1) is 17.5 Å². The van der Waals surface area contributed by atoms with E-state index in [1.54, 1.807) is 13.0 Å². The van der Waals surface area contributed by atoms with Crippen LogP contribution in [0.15, 0.2) is 36.5 Å². The van der Waals surface area contributed by atoms with Crippen molar-refractivity contribution in [3.8, 4) is 5.75 Å². The van der Waals surface area contributed by atoms with E-state index in [0.717, 1.165) is 11.5 Å². The van der Waals surface area contributed by atoms with Crippen molar-refractivity contribution in [2.75, 3.05) is 30.4 Å². The number of carbonyl (C=O) groups is 1. The molecule has 1 aromatic carbocycles. The predicted molar refractivity (Wildman–Crippen MR) is 124 cm³/mol. The van der Waals surface area contributed by atoms with Crippen LogP contribution in [0.1, 0.15) is 35.5 Å². The van der Waals surface area contributed by atoms with Crippen LogP contribution in [0, 0.1) is 5.41 Å². The first-order valence-electron chi connectivity index (χ1n) is 10.1. The highest BCUT2D eigenvalue weighted by atomic mass is 32.2. The van der Waals surface area contributed by atoms with Gasteiger partial charge in [0, 0.05) is 51.7 Å². The van der Waals surface area contributed by atoms with Crippen LogP contribution in [-0.4, -0.2) is 69.6 Å². The minimum Gasteiger partial charge on any atom is -0.435 e. The maximum absolute atomic E-state index is 12.3. The smallest absolute Gasteiger partial charge is 0.387 e. The standard InChI is InChI=1S/C17H17F2N3O3.C5H11NOS/c1-10(24)7-21-14-5-11(9-23)8-22-16(14)15(20)12-3-2-4-13(6-12)25-17(18)19;1-5(6-2)3-8(7)4-5/h2-6,8-10,17,20-21,24H,7H2,1H3;6H,3-4H2,1-2H3. The Morgan fingerprint density at radius 1 is 1.39 bits per heavy atom. The summed E-state index contributed by atoms with van der Waals surface area (Å²) >= 11 is 0. The van der Waals surface area contributed by atoms with E-state index in [0.29, 0.717) is 23.1 Å². The van der Waals surface area contributed by atoms with Gasteiger partial charge in [0.2, 0.25) is 0 Å². The molecule has 11 heteroatoms. The molecule has 2 aromatic rings. The first kappa shape index (κ1) is 26.5. The first-order valence-corrected chi connectivity index (χ1v) is 11.6. The summed E-state index contributed by atoms with van der Waals surface area (Å²) in [6.45, 7) is 0.908. The highest BCUT2D eigenvalue weighted by Gasteiger charge is 2.36. The molecular weight excluding hydrogens is 454 g/mol. The Kier molecular flexibility index (Phi) is 9.56. The minimum atomic E-state index is -2.96. The Morgan fingerprint density at radius 3 is 2.61 bits per heavy atom. The van der Waals surface area contributed by atoms with Gasteiger partial charge in [-0.15, -0.1) is 0 Å². The van der Waals surface area contributed by atoms with E-state index in [9.17, 15) is 22.9 Å². The quantitative estimate of drug-likeness (QED) is 0.320. The number of aliphatic hydroxyl groups excluding tert-OH is 1. The zero-order chi connectivity index (χ0) is 24.6. The monoisotopic (exact) mass is 482 g/mol. The van der Waals surface area contributed by atoms with E-state index in [-0.39, 0.29) is 29.2 Å². The molecule has 180 valence electrons. The number of pyridine rings is 1. The number of carbonyl (C=O) groups excluding carboxylic acids is 1. The molecule has 0 radical (unpaired) electrons. The van der Waals surface area contributed by atoms with Crippen molar-refractivity contribution < 1.29 is 27.6 Å². The highest BCUT2D eigenvalue weighted by molar-refractivity contribution is 7.86. The van der Waals surface area contributed by atoms with Crippen molar-refractivity contribution in [1.29, 1.82) is 5.41 Å². The van der Waals surface area contributed by atoms with Crippen molar-refractivity contribution in [2.45, 2.75) is 32.1 Å². The lowest BCUT2D eigenvalue weighted by atomic mass is 10.0. The number of hydrogen-bond donors (Lipinski definition) is 4. The molecule has 1 saturated heterocycles. The molecule has 1 atom stereocenters. The van der Waals surface area contributed by atoms with E-state index in [1.807, 2.05) is 7.05 Å². The summed E-state index contributed by atoms with van der Waals surface area (Å²) in [5, 5.41) is 23.8. The van der Waals surface area contributed by atoms with Crippen LogP contribution >= 0.6 is 0 Å². The molecule has 0 saturated carbocycles. The van der Waals surface area contributed by atoms with E-state index in [4.69, 9.17) is 5.41 Å². The van der Waals surface area contributed by atoms with Gasteiger partial charge in [-0.05, 0) is 39.1 Å². The number of nitrogens with zero attached hydrogens (tertiary/aromatic N) is 1. The third-order valence-electron chi connectivity index (χ3n) is 4.78. The summed E-state index contributed by atoms with van der Waals surface area (Å²) in [6.07, 6.45) is 1.28. The zero-order valence-corrected chi connectivity index (χ0v) is 19.4.